The molecule has 0 radical (unpaired) electrons. The molecule has 4 rings (SSSR count). The molecule has 0 saturated heterocycles. The standard InChI is InChI=1S/C15H18/c1-8(2)12-6-11-7-13(12)15-10-4-3-9(5-10)14(11)15/h3-4,9-13H,1,5-7H2,2H3. The third kappa shape index (κ3) is 0.851. The van der Waals surface area contributed by atoms with E-state index in [2.05, 4.69) is 25.7 Å². The van der Waals surface area contributed by atoms with Crippen LogP contribution in [0.2, 0.25) is 0 Å². The average Bonchev–Trinajstić information content (AvgIpc) is 2.95. The van der Waals surface area contributed by atoms with Gasteiger partial charge >= 0.3 is 0 Å². The highest BCUT2D eigenvalue weighted by Crippen LogP contribution is 2.64. The molecule has 0 N–H and O–H groups in total. The first-order valence-electron chi connectivity index (χ1n) is 6.33. The molecule has 0 aromatic rings. The minimum absolute atomic E-state index is 0.821. The zero-order chi connectivity index (χ0) is 10.2. The van der Waals surface area contributed by atoms with Crippen LogP contribution in [0, 0.1) is 29.6 Å². The van der Waals surface area contributed by atoms with Crippen molar-refractivity contribution in [2.45, 2.75) is 26.2 Å². The highest BCUT2D eigenvalue weighted by molar-refractivity contribution is 5.46. The lowest BCUT2D eigenvalue weighted by Crippen LogP contribution is -2.17. The quantitative estimate of drug-likeness (QED) is 0.445. The number of fused-ring (bicyclic) bond motifs is 8. The highest BCUT2D eigenvalue weighted by Gasteiger charge is 2.53. The Morgan fingerprint density at radius 3 is 2.60 bits per heavy atom. The Hall–Kier alpha value is -0.780. The maximum atomic E-state index is 4.19. The summed E-state index contributed by atoms with van der Waals surface area (Å²) in [4.78, 5) is 0. The van der Waals surface area contributed by atoms with Crippen LogP contribution in [0.5, 0.6) is 0 Å². The van der Waals surface area contributed by atoms with Gasteiger partial charge in [0.1, 0.15) is 0 Å². The predicted octanol–water partition coefficient (Wildman–Crippen LogP) is 3.72. The first-order chi connectivity index (χ1) is 7.25. The Kier molecular flexibility index (Phi) is 1.39. The summed E-state index contributed by atoms with van der Waals surface area (Å²) >= 11 is 0. The van der Waals surface area contributed by atoms with Gasteiger partial charge in [0.25, 0.3) is 0 Å². The maximum absolute atomic E-state index is 4.19. The predicted molar refractivity (Wildman–Crippen MR) is 62.3 cm³/mol. The van der Waals surface area contributed by atoms with E-state index in [9.17, 15) is 0 Å². The zero-order valence-electron chi connectivity index (χ0n) is 9.37. The number of allylic oxidation sites excluding steroid dienone is 5. The Morgan fingerprint density at radius 1 is 1.13 bits per heavy atom. The average molecular weight is 198 g/mol. The first-order valence-corrected chi connectivity index (χ1v) is 6.33. The van der Waals surface area contributed by atoms with Crippen LogP contribution >= 0.6 is 0 Å². The van der Waals surface area contributed by atoms with E-state index in [0.29, 0.717) is 0 Å². The van der Waals surface area contributed by atoms with Gasteiger partial charge in [-0.25, -0.2) is 0 Å². The van der Waals surface area contributed by atoms with E-state index in [1.165, 1.54) is 24.8 Å². The van der Waals surface area contributed by atoms with Crippen molar-refractivity contribution in [3.05, 3.63) is 35.5 Å². The van der Waals surface area contributed by atoms with Gasteiger partial charge in [-0.1, -0.05) is 35.5 Å². The summed E-state index contributed by atoms with van der Waals surface area (Å²) in [6, 6.07) is 0. The van der Waals surface area contributed by atoms with Gasteiger partial charge in [-0.05, 0) is 55.8 Å². The van der Waals surface area contributed by atoms with Gasteiger partial charge in [0, 0.05) is 0 Å². The molecule has 0 heteroatoms. The Labute approximate surface area is 91.8 Å². The Morgan fingerprint density at radius 2 is 1.87 bits per heavy atom. The third-order valence-corrected chi connectivity index (χ3v) is 5.25. The van der Waals surface area contributed by atoms with Crippen LogP contribution in [0.15, 0.2) is 35.5 Å². The molecule has 0 aromatic heterocycles. The van der Waals surface area contributed by atoms with E-state index in [1.54, 1.807) is 0 Å². The fourth-order valence-electron chi connectivity index (χ4n) is 4.80. The molecule has 5 atom stereocenters. The molecule has 4 aliphatic rings. The summed E-state index contributed by atoms with van der Waals surface area (Å²) in [5, 5.41) is 0. The minimum Gasteiger partial charge on any atom is -0.0998 e. The first kappa shape index (κ1) is 8.38. The van der Waals surface area contributed by atoms with Gasteiger partial charge < -0.3 is 0 Å². The lowest BCUT2D eigenvalue weighted by Gasteiger charge is -2.28. The Bertz CT molecular complexity index is 410. The second-order valence-electron chi connectivity index (χ2n) is 5.97. The van der Waals surface area contributed by atoms with Crippen LogP contribution in [0.3, 0.4) is 0 Å². The molecular formula is C15H18. The van der Waals surface area contributed by atoms with Gasteiger partial charge in [-0.2, -0.15) is 0 Å². The summed E-state index contributed by atoms with van der Waals surface area (Å²) in [5.41, 5.74) is 5.18. The van der Waals surface area contributed by atoms with Gasteiger partial charge in [-0.15, -0.1) is 0 Å². The number of hydrogen-bond acceptors (Lipinski definition) is 0. The van der Waals surface area contributed by atoms with Crippen LogP contribution in [0.25, 0.3) is 0 Å². The lowest BCUT2D eigenvalue weighted by atomic mass is 9.77. The largest absolute Gasteiger partial charge is 0.0998 e. The smallest absolute Gasteiger partial charge is 0.000837 e. The summed E-state index contributed by atoms with van der Waals surface area (Å²) in [7, 11) is 0. The second-order valence-corrected chi connectivity index (χ2v) is 5.97. The van der Waals surface area contributed by atoms with Crippen LogP contribution in [-0.2, 0) is 0 Å². The number of hydrogen-bond donors (Lipinski definition) is 0. The maximum Gasteiger partial charge on any atom is -0.000837 e. The van der Waals surface area contributed by atoms with Crippen molar-refractivity contribution in [3.8, 4) is 0 Å². The fraction of sp³-hybridized carbons (Fsp3) is 0.600. The molecule has 1 saturated carbocycles. The molecular weight excluding hydrogens is 180 g/mol. The summed E-state index contributed by atoms with van der Waals surface area (Å²) in [6.07, 6.45) is 9.23. The summed E-state index contributed by atoms with van der Waals surface area (Å²) < 4.78 is 0. The molecule has 1 fully saturated rings. The SMILES string of the molecule is C=C(C)C1CC2CC1C1=C2C2C=CC1C2. The molecule has 4 bridgehead atoms. The molecule has 0 heterocycles. The highest BCUT2D eigenvalue weighted by atomic mass is 14.6. The van der Waals surface area contributed by atoms with E-state index in [0.717, 1.165) is 29.6 Å². The molecule has 15 heavy (non-hydrogen) atoms. The van der Waals surface area contributed by atoms with Crippen molar-refractivity contribution in [1.82, 2.24) is 0 Å². The normalized spacial score (nSPS) is 49.3. The van der Waals surface area contributed by atoms with Crippen molar-refractivity contribution in [3.63, 3.8) is 0 Å². The van der Waals surface area contributed by atoms with E-state index >= 15 is 0 Å². The van der Waals surface area contributed by atoms with Crippen molar-refractivity contribution >= 4 is 0 Å². The van der Waals surface area contributed by atoms with Gasteiger partial charge in [0.05, 0.1) is 0 Å². The topological polar surface area (TPSA) is 0 Å². The van der Waals surface area contributed by atoms with Crippen molar-refractivity contribution in [2.75, 3.05) is 0 Å². The monoisotopic (exact) mass is 198 g/mol. The molecule has 0 aliphatic heterocycles. The molecule has 0 amide bonds. The van der Waals surface area contributed by atoms with E-state index in [-0.39, 0.29) is 0 Å². The van der Waals surface area contributed by atoms with Crippen LogP contribution in [-0.4, -0.2) is 0 Å². The molecule has 0 aromatic carbocycles. The molecule has 5 unspecified atom stereocenters. The molecule has 0 spiro atoms. The van der Waals surface area contributed by atoms with Crippen LogP contribution in [0.4, 0.5) is 0 Å². The molecule has 78 valence electrons. The Balaban J connectivity index is 1.78. The lowest BCUT2D eigenvalue weighted by molar-refractivity contribution is 0.470. The minimum atomic E-state index is 0.821. The van der Waals surface area contributed by atoms with Gasteiger partial charge in [0.15, 0.2) is 0 Å². The summed E-state index contributed by atoms with van der Waals surface area (Å²) in [5.74, 6) is 4.34. The molecule has 4 aliphatic carbocycles. The van der Waals surface area contributed by atoms with E-state index in [4.69, 9.17) is 0 Å². The van der Waals surface area contributed by atoms with Crippen LogP contribution < -0.4 is 0 Å². The van der Waals surface area contributed by atoms with Crippen molar-refractivity contribution < 1.29 is 0 Å². The third-order valence-electron chi connectivity index (χ3n) is 5.25. The van der Waals surface area contributed by atoms with Gasteiger partial charge in [0.2, 0.25) is 0 Å². The van der Waals surface area contributed by atoms with E-state index in [1.807, 2.05) is 11.1 Å². The van der Waals surface area contributed by atoms with Crippen molar-refractivity contribution in [2.24, 2.45) is 29.6 Å². The fourth-order valence-corrected chi connectivity index (χ4v) is 4.80. The zero-order valence-corrected chi connectivity index (χ0v) is 9.37. The van der Waals surface area contributed by atoms with E-state index < -0.39 is 0 Å². The van der Waals surface area contributed by atoms with Crippen molar-refractivity contribution in [1.29, 1.82) is 0 Å². The van der Waals surface area contributed by atoms with Gasteiger partial charge in [-0.3, -0.25) is 0 Å². The summed E-state index contributed by atoms with van der Waals surface area (Å²) in [6.45, 7) is 6.42. The van der Waals surface area contributed by atoms with Crippen LogP contribution in [0.1, 0.15) is 26.2 Å². The second kappa shape index (κ2) is 2.48. The molecule has 0 nitrogen and oxygen atoms in total. The number of rotatable bonds is 1.